The molecule has 27 unspecified atom stereocenters. The van der Waals surface area contributed by atoms with Gasteiger partial charge in [-0.1, -0.05) is 65.3 Å². The number of aliphatic hydroxyl groups is 11. The molecule has 4 heterocycles. The third kappa shape index (κ3) is 9.03. The predicted octanol–water partition coefficient (Wildman–Crippen LogP) is 0.437. The number of aliphatic hydroxyl groups excluding tert-OH is 11. The number of hydrogen-bond acceptors (Lipinski definition) is 20. The molecule has 0 radical (unpaired) electrons. The maximum Gasteiger partial charge on any atom is 0.315 e. The van der Waals surface area contributed by atoms with E-state index < -0.39 is 147 Å². The number of allylic oxidation sites excluding steroid dienone is 3. The van der Waals surface area contributed by atoms with Crippen molar-refractivity contribution in [1.82, 2.24) is 0 Å². The maximum absolute atomic E-state index is 14.6. The van der Waals surface area contributed by atoms with Crippen LogP contribution in [0.5, 0.6) is 0 Å². The predicted molar refractivity (Wildman–Crippen MR) is 254 cm³/mol. The van der Waals surface area contributed by atoms with E-state index in [1.807, 2.05) is 0 Å². The highest BCUT2D eigenvalue weighted by Crippen LogP contribution is 2.75. The van der Waals surface area contributed by atoms with Gasteiger partial charge in [-0.15, -0.1) is 0 Å². The van der Waals surface area contributed by atoms with E-state index in [-0.39, 0.29) is 46.7 Å². The molecule has 0 bridgehead atoms. The van der Waals surface area contributed by atoms with E-state index in [9.17, 15) is 61.0 Å². The number of hydrogen-bond donors (Lipinski definition) is 11. The summed E-state index contributed by atoms with van der Waals surface area (Å²) < 4.78 is 48.2. The molecule has 8 fully saturated rings. The summed E-state index contributed by atoms with van der Waals surface area (Å²) in [7, 11) is 0. The second-order valence-corrected chi connectivity index (χ2v) is 24.8. The van der Waals surface area contributed by atoms with Crippen molar-refractivity contribution >= 4 is 5.97 Å². The monoisotopic (exact) mass is 1040 g/mol. The molecule has 20 heteroatoms. The largest absolute Gasteiger partial charge is 0.432 e. The first-order valence-electron chi connectivity index (χ1n) is 26.8. The van der Waals surface area contributed by atoms with E-state index >= 15 is 0 Å². The Morgan fingerprint density at radius 2 is 1.33 bits per heavy atom. The summed E-state index contributed by atoms with van der Waals surface area (Å²) >= 11 is 0. The molecule has 73 heavy (non-hydrogen) atoms. The second kappa shape index (κ2) is 20.5. The molecule has 4 saturated heterocycles. The highest BCUT2D eigenvalue weighted by molar-refractivity contribution is 5.79. The van der Waals surface area contributed by atoms with Crippen LogP contribution in [-0.2, 0) is 42.7 Å². The zero-order chi connectivity index (χ0) is 53.1. The maximum atomic E-state index is 14.6. The van der Waals surface area contributed by atoms with Crippen molar-refractivity contribution in [2.75, 3.05) is 19.8 Å². The summed E-state index contributed by atoms with van der Waals surface area (Å²) in [4.78, 5) is 14.6. The van der Waals surface area contributed by atoms with E-state index in [2.05, 4.69) is 47.3 Å². The smallest absolute Gasteiger partial charge is 0.315 e. The van der Waals surface area contributed by atoms with Crippen LogP contribution >= 0.6 is 0 Å². The van der Waals surface area contributed by atoms with E-state index in [1.54, 1.807) is 6.92 Å². The fourth-order valence-electron chi connectivity index (χ4n) is 16.0. The molecule has 4 aliphatic heterocycles. The summed E-state index contributed by atoms with van der Waals surface area (Å²) in [5, 5.41) is 117. The van der Waals surface area contributed by atoms with Gasteiger partial charge in [0.15, 0.2) is 18.9 Å². The zero-order valence-corrected chi connectivity index (χ0v) is 43.3. The molecular formula is C53H84O20. The molecule has 0 aromatic rings. The standard InChI is InChI=1S/C53H84O20/c1-23-11-16-53(48(65)73-47-40(63)38(61)36(59)29(20-54)68-47)18-17-51(7)26(27(53)19-23)9-10-32-50(6)14-13-33(49(4,5)31(50)12-15-52(32,51)8)70-45-41(64)42(28(56)22-66-45)71-44-24(2)34(57)43(30(21-55)69-44)72-46-39(62)37(60)35(58)25(3)67-46/h9,24-25,27-47,54-64H,1,10-22H2,2-8H3. The minimum Gasteiger partial charge on any atom is -0.432 e. The number of ether oxygens (including phenoxy) is 8. The van der Waals surface area contributed by atoms with Gasteiger partial charge in [-0.05, 0) is 105 Å². The average Bonchev–Trinajstić information content (AvgIpc) is 3.35. The van der Waals surface area contributed by atoms with Crippen molar-refractivity contribution in [3.8, 4) is 0 Å². The third-order valence-electron chi connectivity index (χ3n) is 20.7. The van der Waals surface area contributed by atoms with E-state index in [0.29, 0.717) is 32.1 Å². The van der Waals surface area contributed by atoms with Crippen LogP contribution in [-0.4, -0.2) is 199 Å². The summed E-state index contributed by atoms with van der Waals surface area (Å²) in [5.74, 6) is -1.09. The van der Waals surface area contributed by atoms with Gasteiger partial charge in [-0.3, -0.25) is 4.79 Å². The number of esters is 1. The Kier molecular flexibility index (Phi) is 15.7. The SMILES string of the molecule is C=C1CCC2(C(=O)OC3OC(CO)C(O)C(O)C3O)CCC3(C)C(=CCC4C5(C)CCC(OC6OCC(O)C(OC7OC(CO)C(OC8OC(C)C(O)C(O)C8O)C(O)C7C)C6O)C(C)(C)C5CCC43C)C2C1. The molecular weight excluding hydrogens is 957 g/mol. The van der Waals surface area contributed by atoms with Gasteiger partial charge in [0.2, 0.25) is 6.29 Å². The molecule has 20 nitrogen and oxygen atoms in total. The highest BCUT2D eigenvalue weighted by Gasteiger charge is 2.70. The van der Waals surface area contributed by atoms with Gasteiger partial charge in [0.25, 0.3) is 0 Å². The van der Waals surface area contributed by atoms with Crippen molar-refractivity contribution in [3.63, 3.8) is 0 Å². The molecule has 0 spiro atoms. The van der Waals surface area contributed by atoms with Gasteiger partial charge < -0.3 is 94.1 Å². The molecule has 4 saturated carbocycles. The Morgan fingerprint density at radius 1 is 0.671 bits per heavy atom. The Balaban J connectivity index is 0.878. The number of fused-ring (bicyclic) bond motifs is 7. The van der Waals surface area contributed by atoms with E-state index in [4.69, 9.17) is 37.9 Å². The van der Waals surface area contributed by atoms with Gasteiger partial charge in [-0.2, -0.15) is 0 Å². The first kappa shape index (κ1) is 56.0. The van der Waals surface area contributed by atoms with Crippen LogP contribution in [0.4, 0.5) is 0 Å². The fraction of sp³-hybridized carbons (Fsp3) is 0.906. The lowest BCUT2D eigenvalue weighted by molar-refractivity contribution is -0.369. The minimum atomic E-state index is -1.70. The van der Waals surface area contributed by atoms with Crippen LogP contribution in [0.25, 0.3) is 0 Å². The normalized spacial score (nSPS) is 54.0. The lowest BCUT2D eigenvalue weighted by Crippen LogP contribution is -2.66. The quantitative estimate of drug-likeness (QED) is 0.0803. The van der Waals surface area contributed by atoms with Crippen LogP contribution in [0.1, 0.15) is 113 Å². The number of carbonyl (C=O) groups excluding carboxylic acids is 1. The van der Waals surface area contributed by atoms with Crippen molar-refractivity contribution < 1.29 is 98.9 Å². The van der Waals surface area contributed by atoms with E-state index in [0.717, 1.165) is 37.7 Å². The summed E-state index contributed by atoms with van der Waals surface area (Å²) in [5.41, 5.74) is 0.445. The van der Waals surface area contributed by atoms with Crippen LogP contribution in [0, 0.1) is 50.7 Å². The van der Waals surface area contributed by atoms with Gasteiger partial charge >= 0.3 is 5.97 Å². The van der Waals surface area contributed by atoms with Gasteiger partial charge in [0, 0.05) is 11.8 Å². The van der Waals surface area contributed by atoms with Crippen LogP contribution in [0.2, 0.25) is 0 Å². The van der Waals surface area contributed by atoms with Crippen molar-refractivity contribution in [2.24, 2.45) is 50.7 Å². The molecule has 9 aliphatic rings. The molecule has 11 N–H and O–H groups in total. The van der Waals surface area contributed by atoms with Gasteiger partial charge in [0.05, 0.1) is 43.5 Å². The average molecular weight is 1040 g/mol. The van der Waals surface area contributed by atoms with Crippen LogP contribution < -0.4 is 0 Å². The molecule has 27 atom stereocenters. The van der Waals surface area contributed by atoms with Crippen molar-refractivity contribution in [3.05, 3.63) is 23.8 Å². The van der Waals surface area contributed by atoms with Crippen LogP contribution in [0.3, 0.4) is 0 Å². The van der Waals surface area contributed by atoms with Crippen LogP contribution in [0.15, 0.2) is 23.8 Å². The molecule has 0 aromatic heterocycles. The summed E-state index contributed by atoms with van der Waals surface area (Å²) in [6, 6.07) is 0. The fourth-order valence-corrected chi connectivity index (χ4v) is 16.0. The molecule has 9 rings (SSSR count). The Bertz CT molecular complexity index is 2040. The highest BCUT2D eigenvalue weighted by atomic mass is 16.8. The second-order valence-electron chi connectivity index (χ2n) is 24.8. The third-order valence-corrected chi connectivity index (χ3v) is 20.7. The minimum absolute atomic E-state index is 0.122. The topological polar surface area (TPSA) is 313 Å². The molecule has 0 amide bonds. The lowest BCUT2D eigenvalue weighted by atomic mass is 9.34. The first-order valence-corrected chi connectivity index (χ1v) is 26.8. The number of carbonyl (C=O) groups is 1. The molecule has 5 aliphatic carbocycles. The van der Waals surface area contributed by atoms with Gasteiger partial charge in [-0.25, -0.2) is 0 Å². The summed E-state index contributed by atoms with van der Waals surface area (Å²) in [6.07, 6.45) is -15.8. The van der Waals surface area contributed by atoms with Crippen molar-refractivity contribution in [1.29, 1.82) is 0 Å². The number of rotatable bonds is 10. The molecule has 416 valence electrons. The van der Waals surface area contributed by atoms with Crippen molar-refractivity contribution in [2.45, 2.75) is 229 Å². The Hall–Kier alpha value is -1.77. The Morgan fingerprint density at radius 3 is 2.03 bits per heavy atom. The Labute approximate surface area is 427 Å². The summed E-state index contributed by atoms with van der Waals surface area (Å²) in [6.45, 7) is 17.7. The van der Waals surface area contributed by atoms with Gasteiger partial charge in [0.1, 0.15) is 73.2 Å². The molecule has 0 aromatic carbocycles. The lowest BCUT2D eigenvalue weighted by Gasteiger charge is -2.71. The van der Waals surface area contributed by atoms with E-state index in [1.165, 1.54) is 12.5 Å². The zero-order valence-electron chi connectivity index (χ0n) is 43.3. The first-order chi connectivity index (χ1) is 34.3.